The maximum absolute atomic E-state index is 12.9. The highest BCUT2D eigenvalue weighted by molar-refractivity contribution is 9.10. The van der Waals surface area contributed by atoms with Gasteiger partial charge in [0.05, 0.1) is 11.1 Å². The lowest BCUT2D eigenvalue weighted by molar-refractivity contribution is 0.0478. The van der Waals surface area contributed by atoms with E-state index in [1.165, 1.54) is 0 Å². The third-order valence-electron chi connectivity index (χ3n) is 4.71. The molecule has 27 heavy (non-hydrogen) atoms. The molecule has 1 heterocycles. The monoisotopic (exact) mass is 422 g/mol. The molecule has 0 saturated carbocycles. The molecule has 5 nitrogen and oxygen atoms in total. The van der Waals surface area contributed by atoms with Crippen LogP contribution in [-0.2, 0) is 6.42 Å². The van der Waals surface area contributed by atoms with Gasteiger partial charge in [0.15, 0.2) is 0 Å². The number of benzene rings is 3. The maximum atomic E-state index is 12.9. The molecule has 0 radical (unpaired) electrons. The summed E-state index contributed by atoms with van der Waals surface area (Å²) in [6, 6.07) is 15.8. The topological polar surface area (TPSA) is 66.5 Å². The van der Waals surface area contributed by atoms with Crippen LogP contribution in [0, 0.1) is 0 Å². The SMILES string of the molecule is CCc1ccccc1C(=O)NN1C(=O)c2cccc3c(Br)ccc(c23)C1=O. The highest BCUT2D eigenvalue weighted by Crippen LogP contribution is 2.33. The second-order valence-corrected chi connectivity index (χ2v) is 7.07. The Bertz CT molecular complexity index is 1100. The van der Waals surface area contributed by atoms with Crippen LogP contribution >= 0.6 is 15.9 Å². The summed E-state index contributed by atoms with van der Waals surface area (Å²) in [6.07, 6.45) is 0.668. The third kappa shape index (κ3) is 2.73. The van der Waals surface area contributed by atoms with Crippen molar-refractivity contribution in [2.24, 2.45) is 0 Å². The number of nitrogens with one attached hydrogen (secondary N) is 1. The fourth-order valence-electron chi connectivity index (χ4n) is 3.37. The highest BCUT2D eigenvalue weighted by atomic mass is 79.9. The first-order valence-electron chi connectivity index (χ1n) is 8.51. The maximum Gasteiger partial charge on any atom is 0.280 e. The van der Waals surface area contributed by atoms with E-state index in [0.717, 1.165) is 20.4 Å². The van der Waals surface area contributed by atoms with E-state index in [2.05, 4.69) is 21.4 Å². The molecule has 1 N–H and O–H groups in total. The van der Waals surface area contributed by atoms with E-state index in [0.29, 0.717) is 28.5 Å². The average molecular weight is 423 g/mol. The largest absolute Gasteiger partial charge is 0.280 e. The van der Waals surface area contributed by atoms with E-state index >= 15 is 0 Å². The number of imide groups is 1. The molecule has 6 heteroatoms. The van der Waals surface area contributed by atoms with Gasteiger partial charge in [-0.1, -0.05) is 53.2 Å². The lowest BCUT2D eigenvalue weighted by Gasteiger charge is -2.27. The lowest BCUT2D eigenvalue weighted by atomic mass is 9.95. The van der Waals surface area contributed by atoms with Gasteiger partial charge in [0.2, 0.25) is 0 Å². The van der Waals surface area contributed by atoms with Gasteiger partial charge in [-0.3, -0.25) is 19.8 Å². The first kappa shape index (κ1) is 17.4. The van der Waals surface area contributed by atoms with Crippen LogP contribution in [0.15, 0.2) is 59.1 Å². The fraction of sp³-hybridized carbons (Fsp3) is 0.0952. The van der Waals surface area contributed by atoms with Crippen molar-refractivity contribution in [2.75, 3.05) is 0 Å². The standard InChI is InChI=1S/C21H15BrN2O3/c1-2-12-6-3-4-7-13(12)19(25)23-24-20(26)15-9-5-8-14-17(22)11-10-16(18(14)15)21(24)27/h3-11H,2H2,1H3,(H,23,25). The Hall–Kier alpha value is -2.99. The molecule has 0 spiro atoms. The Kier molecular flexibility index (Phi) is 4.28. The number of aryl methyl sites for hydroxylation is 1. The van der Waals surface area contributed by atoms with Gasteiger partial charge in [0, 0.05) is 15.4 Å². The Morgan fingerprint density at radius 3 is 2.41 bits per heavy atom. The van der Waals surface area contributed by atoms with Crippen molar-refractivity contribution >= 4 is 44.4 Å². The van der Waals surface area contributed by atoms with E-state index in [9.17, 15) is 14.4 Å². The molecular formula is C21H15BrN2O3. The zero-order chi connectivity index (χ0) is 19.1. The van der Waals surface area contributed by atoms with Crippen molar-refractivity contribution in [2.45, 2.75) is 13.3 Å². The van der Waals surface area contributed by atoms with Gasteiger partial charge >= 0.3 is 0 Å². The molecular weight excluding hydrogens is 408 g/mol. The minimum Gasteiger partial charge on any atom is -0.267 e. The van der Waals surface area contributed by atoms with Gasteiger partial charge in [0.25, 0.3) is 17.7 Å². The quantitative estimate of drug-likeness (QED) is 0.645. The normalized spacial score (nSPS) is 13.2. The number of hydrogen-bond donors (Lipinski definition) is 1. The number of carbonyl (C=O) groups is 3. The molecule has 1 aliphatic heterocycles. The second-order valence-electron chi connectivity index (χ2n) is 6.22. The van der Waals surface area contributed by atoms with E-state index < -0.39 is 17.7 Å². The smallest absolute Gasteiger partial charge is 0.267 e. The number of rotatable bonds is 3. The van der Waals surface area contributed by atoms with Crippen LogP contribution < -0.4 is 5.43 Å². The van der Waals surface area contributed by atoms with Crippen LogP contribution in [0.4, 0.5) is 0 Å². The predicted molar refractivity (Wildman–Crippen MR) is 105 cm³/mol. The predicted octanol–water partition coefficient (Wildman–Crippen LogP) is 4.11. The zero-order valence-electron chi connectivity index (χ0n) is 14.5. The van der Waals surface area contributed by atoms with Crippen LogP contribution in [0.5, 0.6) is 0 Å². The Balaban J connectivity index is 1.76. The first-order chi connectivity index (χ1) is 13.0. The molecule has 0 saturated heterocycles. The summed E-state index contributed by atoms with van der Waals surface area (Å²) in [5, 5.41) is 2.19. The Morgan fingerprint density at radius 1 is 0.963 bits per heavy atom. The summed E-state index contributed by atoms with van der Waals surface area (Å²) in [7, 11) is 0. The van der Waals surface area contributed by atoms with E-state index in [-0.39, 0.29) is 0 Å². The van der Waals surface area contributed by atoms with Crippen molar-refractivity contribution in [1.29, 1.82) is 0 Å². The molecule has 3 amide bonds. The van der Waals surface area contributed by atoms with Gasteiger partial charge in [-0.2, -0.15) is 5.01 Å². The molecule has 0 aromatic heterocycles. The highest BCUT2D eigenvalue weighted by Gasteiger charge is 2.34. The number of halogens is 1. The number of nitrogens with zero attached hydrogens (tertiary/aromatic N) is 1. The van der Waals surface area contributed by atoms with Crippen LogP contribution in [0.1, 0.15) is 43.6 Å². The van der Waals surface area contributed by atoms with Gasteiger partial charge in [-0.15, -0.1) is 0 Å². The summed E-state index contributed by atoms with van der Waals surface area (Å²) in [5.41, 5.74) is 4.55. The van der Waals surface area contributed by atoms with Gasteiger partial charge in [0.1, 0.15) is 0 Å². The number of hydrogen-bond acceptors (Lipinski definition) is 3. The van der Waals surface area contributed by atoms with Crippen molar-refractivity contribution in [3.63, 3.8) is 0 Å². The summed E-state index contributed by atoms with van der Waals surface area (Å²) < 4.78 is 0.804. The van der Waals surface area contributed by atoms with E-state index in [1.807, 2.05) is 25.1 Å². The molecule has 0 atom stereocenters. The van der Waals surface area contributed by atoms with Crippen LogP contribution in [0.25, 0.3) is 10.8 Å². The number of hydrazine groups is 1. The van der Waals surface area contributed by atoms with Crippen molar-refractivity contribution in [1.82, 2.24) is 10.4 Å². The summed E-state index contributed by atoms with van der Waals surface area (Å²) in [5.74, 6) is -1.57. The fourth-order valence-corrected chi connectivity index (χ4v) is 3.84. The average Bonchev–Trinajstić information content (AvgIpc) is 2.70. The molecule has 134 valence electrons. The summed E-state index contributed by atoms with van der Waals surface area (Å²) in [4.78, 5) is 38.6. The minimum absolute atomic E-state index is 0.382. The summed E-state index contributed by atoms with van der Waals surface area (Å²) in [6.45, 7) is 1.94. The third-order valence-corrected chi connectivity index (χ3v) is 5.40. The lowest BCUT2D eigenvalue weighted by Crippen LogP contribution is -2.51. The van der Waals surface area contributed by atoms with Crippen LogP contribution in [-0.4, -0.2) is 22.7 Å². The van der Waals surface area contributed by atoms with Crippen molar-refractivity contribution < 1.29 is 14.4 Å². The molecule has 0 bridgehead atoms. The molecule has 0 fully saturated rings. The Labute approximate surface area is 164 Å². The van der Waals surface area contributed by atoms with Crippen LogP contribution in [0.3, 0.4) is 0 Å². The molecule has 1 aliphatic rings. The second kappa shape index (κ2) is 6.63. The molecule has 0 aliphatic carbocycles. The molecule has 0 unspecified atom stereocenters. The van der Waals surface area contributed by atoms with Crippen LogP contribution in [0.2, 0.25) is 0 Å². The van der Waals surface area contributed by atoms with Gasteiger partial charge in [-0.05, 0) is 41.6 Å². The summed E-state index contributed by atoms with van der Waals surface area (Å²) >= 11 is 3.45. The van der Waals surface area contributed by atoms with E-state index in [4.69, 9.17) is 0 Å². The number of amides is 3. The zero-order valence-corrected chi connectivity index (χ0v) is 16.0. The first-order valence-corrected chi connectivity index (χ1v) is 9.31. The number of carbonyl (C=O) groups excluding carboxylic acids is 3. The van der Waals surface area contributed by atoms with Gasteiger partial charge in [-0.25, -0.2) is 0 Å². The molecule has 3 aromatic carbocycles. The van der Waals surface area contributed by atoms with E-state index in [1.54, 1.807) is 36.4 Å². The van der Waals surface area contributed by atoms with Crippen molar-refractivity contribution in [3.05, 3.63) is 81.3 Å². The molecule has 3 aromatic rings. The Morgan fingerprint density at radius 2 is 1.67 bits per heavy atom. The minimum atomic E-state index is -0.543. The molecule has 4 rings (SSSR count). The van der Waals surface area contributed by atoms with Crippen molar-refractivity contribution in [3.8, 4) is 0 Å². The van der Waals surface area contributed by atoms with Gasteiger partial charge < -0.3 is 0 Å².